The van der Waals surface area contributed by atoms with Crippen LogP contribution in [0.3, 0.4) is 0 Å². The number of benzene rings is 2. The fourth-order valence-corrected chi connectivity index (χ4v) is 2.55. The van der Waals surface area contributed by atoms with E-state index >= 15 is 0 Å². The van der Waals surface area contributed by atoms with Crippen LogP contribution < -0.4 is 10.1 Å². The minimum atomic E-state index is -0.562. The van der Waals surface area contributed by atoms with Gasteiger partial charge in [0.15, 0.2) is 0 Å². The quantitative estimate of drug-likeness (QED) is 0.737. The van der Waals surface area contributed by atoms with Gasteiger partial charge >= 0.3 is 0 Å². The third-order valence-electron chi connectivity index (χ3n) is 3.92. The van der Waals surface area contributed by atoms with E-state index < -0.39 is 11.7 Å². The SMILES string of the molecule is CCc1[nH]nc(-c2ccc(OC)cc2)c1NC(=O)c1ccccc1F. The number of nitrogens with zero attached hydrogens (tertiary/aromatic N) is 1. The Labute approximate surface area is 144 Å². The second kappa shape index (κ2) is 7.17. The first-order valence-electron chi connectivity index (χ1n) is 7.91. The number of rotatable bonds is 5. The summed E-state index contributed by atoms with van der Waals surface area (Å²) >= 11 is 0. The van der Waals surface area contributed by atoms with E-state index in [2.05, 4.69) is 15.5 Å². The van der Waals surface area contributed by atoms with Crippen molar-refractivity contribution in [2.75, 3.05) is 12.4 Å². The molecule has 3 rings (SSSR count). The van der Waals surface area contributed by atoms with Gasteiger partial charge in [-0.3, -0.25) is 9.89 Å². The number of anilines is 1. The van der Waals surface area contributed by atoms with Gasteiger partial charge in [0, 0.05) is 5.56 Å². The molecule has 0 atom stereocenters. The summed E-state index contributed by atoms with van der Waals surface area (Å²) in [6.07, 6.45) is 0.649. The molecule has 1 aromatic heterocycles. The molecule has 0 radical (unpaired) electrons. The second-order valence-electron chi connectivity index (χ2n) is 5.44. The molecule has 1 heterocycles. The number of hydrogen-bond acceptors (Lipinski definition) is 3. The highest BCUT2D eigenvalue weighted by Crippen LogP contribution is 2.30. The van der Waals surface area contributed by atoms with Gasteiger partial charge in [-0.1, -0.05) is 19.1 Å². The van der Waals surface area contributed by atoms with E-state index in [1.165, 1.54) is 12.1 Å². The van der Waals surface area contributed by atoms with Crippen molar-refractivity contribution in [2.45, 2.75) is 13.3 Å². The summed E-state index contributed by atoms with van der Waals surface area (Å²) in [5.74, 6) is -0.344. The molecule has 6 heteroatoms. The number of aryl methyl sites for hydroxylation is 1. The van der Waals surface area contributed by atoms with Crippen LogP contribution in [0.4, 0.5) is 10.1 Å². The molecule has 5 nitrogen and oxygen atoms in total. The van der Waals surface area contributed by atoms with E-state index in [-0.39, 0.29) is 5.56 Å². The molecular weight excluding hydrogens is 321 g/mol. The van der Waals surface area contributed by atoms with Gasteiger partial charge in [0.1, 0.15) is 17.3 Å². The highest BCUT2D eigenvalue weighted by molar-refractivity contribution is 6.06. The zero-order chi connectivity index (χ0) is 17.8. The molecule has 128 valence electrons. The van der Waals surface area contributed by atoms with Gasteiger partial charge in [-0.25, -0.2) is 4.39 Å². The normalized spacial score (nSPS) is 10.5. The standard InChI is InChI=1S/C19H18FN3O2/c1-3-16-18(21-19(24)14-6-4-5-7-15(14)20)17(23-22-16)12-8-10-13(25-2)11-9-12/h4-11H,3H2,1-2H3,(H,21,24)(H,22,23). The van der Waals surface area contributed by atoms with Crippen LogP contribution in [0.2, 0.25) is 0 Å². The first kappa shape index (κ1) is 16.7. The Balaban J connectivity index is 1.96. The molecule has 0 fully saturated rings. The monoisotopic (exact) mass is 339 g/mol. The van der Waals surface area contributed by atoms with Crippen LogP contribution in [0.15, 0.2) is 48.5 Å². The molecule has 0 aliphatic rings. The summed E-state index contributed by atoms with van der Waals surface area (Å²) in [7, 11) is 1.60. The topological polar surface area (TPSA) is 67.0 Å². The van der Waals surface area contributed by atoms with Crippen molar-refractivity contribution < 1.29 is 13.9 Å². The van der Waals surface area contributed by atoms with Crippen LogP contribution in [0, 0.1) is 5.82 Å². The lowest BCUT2D eigenvalue weighted by Crippen LogP contribution is -2.15. The van der Waals surface area contributed by atoms with Crippen LogP contribution in [0.1, 0.15) is 23.0 Å². The van der Waals surface area contributed by atoms with Crippen LogP contribution in [0.25, 0.3) is 11.3 Å². The molecule has 3 aromatic rings. The fourth-order valence-electron chi connectivity index (χ4n) is 2.55. The maximum atomic E-state index is 13.9. The van der Waals surface area contributed by atoms with Crippen LogP contribution in [0.5, 0.6) is 5.75 Å². The Kier molecular flexibility index (Phi) is 4.79. The summed E-state index contributed by atoms with van der Waals surface area (Å²) in [4.78, 5) is 12.5. The highest BCUT2D eigenvalue weighted by atomic mass is 19.1. The van der Waals surface area contributed by atoms with Gasteiger partial charge in [-0.15, -0.1) is 0 Å². The largest absolute Gasteiger partial charge is 0.497 e. The Morgan fingerprint density at radius 1 is 1.20 bits per heavy atom. The Morgan fingerprint density at radius 3 is 2.56 bits per heavy atom. The number of H-pyrrole nitrogens is 1. The maximum absolute atomic E-state index is 13.9. The number of amides is 1. The zero-order valence-electron chi connectivity index (χ0n) is 14.0. The molecule has 0 aliphatic carbocycles. The molecular formula is C19H18FN3O2. The molecule has 2 N–H and O–H groups in total. The number of carbonyl (C=O) groups excluding carboxylic acids is 1. The van der Waals surface area contributed by atoms with Crippen molar-refractivity contribution in [3.63, 3.8) is 0 Å². The molecule has 1 amide bonds. The number of methoxy groups -OCH3 is 1. The van der Waals surface area contributed by atoms with Gasteiger partial charge < -0.3 is 10.1 Å². The number of carbonyl (C=O) groups is 1. The highest BCUT2D eigenvalue weighted by Gasteiger charge is 2.19. The average Bonchev–Trinajstić information content (AvgIpc) is 3.04. The molecule has 0 bridgehead atoms. The van der Waals surface area contributed by atoms with Crippen molar-refractivity contribution >= 4 is 11.6 Å². The smallest absolute Gasteiger partial charge is 0.258 e. The van der Waals surface area contributed by atoms with Gasteiger partial charge in [-0.05, 0) is 42.8 Å². The lowest BCUT2D eigenvalue weighted by Gasteiger charge is -2.09. The minimum absolute atomic E-state index is 0.00793. The van der Waals surface area contributed by atoms with Crippen molar-refractivity contribution in [3.05, 3.63) is 65.6 Å². The van der Waals surface area contributed by atoms with Crippen molar-refractivity contribution in [3.8, 4) is 17.0 Å². The maximum Gasteiger partial charge on any atom is 0.258 e. The average molecular weight is 339 g/mol. The molecule has 0 unspecified atom stereocenters. The molecule has 0 saturated carbocycles. The predicted octanol–water partition coefficient (Wildman–Crippen LogP) is 4.04. The summed E-state index contributed by atoms with van der Waals surface area (Å²) in [5.41, 5.74) is 2.74. The molecule has 0 spiro atoms. The van der Waals surface area contributed by atoms with Gasteiger partial charge in [-0.2, -0.15) is 5.10 Å². The Hall–Kier alpha value is -3.15. The number of nitrogens with one attached hydrogen (secondary N) is 2. The first-order chi connectivity index (χ1) is 12.1. The summed E-state index contributed by atoms with van der Waals surface area (Å²) in [6, 6.07) is 13.2. The molecule has 0 saturated heterocycles. The van der Waals surface area contributed by atoms with Crippen LogP contribution >= 0.6 is 0 Å². The molecule has 25 heavy (non-hydrogen) atoms. The van der Waals surface area contributed by atoms with Crippen molar-refractivity contribution in [2.24, 2.45) is 0 Å². The summed E-state index contributed by atoms with van der Waals surface area (Å²) in [6.45, 7) is 1.95. The predicted molar refractivity (Wildman–Crippen MR) is 94.3 cm³/mol. The number of hydrogen-bond donors (Lipinski definition) is 2. The van der Waals surface area contributed by atoms with E-state index in [4.69, 9.17) is 4.74 Å². The third-order valence-corrected chi connectivity index (χ3v) is 3.92. The van der Waals surface area contributed by atoms with Gasteiger partial charge in [0.05, 0.1) is 24.1 Å². The van der Waals surface area contributed by atoms with Crippen molar-refractivity contribution in [1.29, 1.82) is 0 Å². The second-order valence-corrected chi connectivity index (χ2v) is 5.44. The Morgan fingerprint density at radius 2 is 1.92 bits per heavy atom. The van der Waals surface area contributed by atoms with E-state index in [9.17, 15) is 9.18 Å². The van der Waals surface area contributed by atoms with E-state index in [1.54, 1.807) is 19.2 Å². The Bertz CT molecular complexity index is 888. The van der Waals surface area contributed by atoms with Crippen LogP contribution in [-0.2, 0) is 6.42 Å². The lowest BCUT2D eigenvalue weighted by molar-refractivity contribution is 0.102. The van der Waals surface area contributed by atoms with Crippen molar-refractivity contribution in [1.82, 2.24) is 10.2 Å². The molecule has 2 aromatic carbocycles. The summed E-state index contributed by atoms with van der Waals surface area (Å²) in [5, 5.41) is 10.0. The molecule has 0 aliphatic heterocycles. The number of aromatic nitrogens is 2. The zero-order valence-corrected chi connectivity index (χ0v) is 14.0. The summed E-state index contributed by atoms with van der Waals surface area (Å²) < 4.78 is 19.0. The van der Waals surface area contributed by atoms with Gasteiger partial charge in [0.2, 0.25) is 0 Å². The lowest BCUT2D eigenvalue weighted by atomic mass is 10.1. The fraction of sp³-hybridized carbons (Fsp3) is 0.158. The first-order valence-corrected chi connectivity index (χ1v) is 7.91. The van der Waals surface area contributed by atoms with E-state index in [1.807, 2.05) is 31.2 Å². The number of ether oxygens (including phenoxy) is 1. The van der Waals surface area contributed by atoms with Gasteiger partial charge in [0.25, 0.3) is 5.91 Å². The van der Waals surface area contributed by atoms with E-state index in [0.29, 0.717) is 17.8 Å². The van der Waals surface area contributed by atoms with E-state index in [0.717, 1.165) is 17.0 Å². The third kappa shape index (κ3) is 3.38. The number of halogens is 1. The van der Waals surface area contributed by atoms with Crippen LogP contribution in [-0.4, -0.2) is 23.2 Å². The number of aromatic amines is 1. The minimum Gasteiger partial charge on any atom is -0.497 e.